The van der Waals surface area contributed by atoms with Gasteiger partial charge in [-0.25, -0.2) is 17.6 Å². The van der Waals surface area contributed by atoms with Crippen molar-refractivity contribution in [3.05, 3.63) is 24.3 Å². The Morgan fingerprint density at radius 2 is 0.904 bits per heavy atom. The molecule has 0 saturated carbocycles. The number of alkyl halides is 4. The van der Waals surface area contributed by atoms with Gasteiger partial charge in [-0.2, -0.15) is 0 Å². The standard InChI is InChI=1S/C43H77F4NO4/c1-5-7-9-23-33-43(46,47)35-26-38-52-41(50)31-21-15-11-13-18-28-39(29-19-16-24-36-48(3)4)27-17-12-10-14-20-30-40(49)51-37-25-34-42(44,45)32-22-8-6-2/h25-26,34-35,39H,5-24,27-33,36-38H2,1-4H3/b34-25-,35-26-. The van der Waals surface area contributed by atoms with Gasteiger partial charge in [0.05, 0.1) is 0 Å². The van der Waals surface area contributed by atoms with Gasteiger partial charge in [-0.3, -0.25) is 9.59 Å². The highest BCUT2D eigenvalue weighted by atomic mass is 19.3. The minimum absolute atomic E-state index is 0.0978. The molecule has 0 amide bonds. The molecule has 1 unspecified atom stereocenters. The van der Waals surface area contributed by atoms with Gasteiger partial charge in [0.15, 0.2) is 0 Å². The lowest BCUT2D eigenvalue weighted by atomic mass is 9.89. The monoisotopic (exact) mass is 748 g/mol. The van der Waals surface area contributed by atoms with E-state index in [1.165, 1.54) is 63.5 Å². The zero-order valence-corrected chi connectivity index (χ0v) is 33.7. The fraction of sp³-hybridized carbons (Fsp3) is 0.860. The fourth-order valence-corrected chi connectivity index (χ4v) is 6.37. The summed E-state index contributed by atoms with van der Waals surface area (Å²) in [6, 6.07) is 0. The third-order valence-corrected chi connectivity index (χ3v) is 9.59. The summed E-state index contributed by atoms with van der Waals surface area (Å²) in [6.07, 6.45) is 27.9. The summed E-state index contributed by atoms with van der Waals surface area (Å²) in [5, 5.41) is 0. The van der Waals surface area contributed by atoms with Crippen LogP contribution in [0.1, 0.15) is 187 Å². The zero-order valence-electron chi connectivity index (χ0n) is 33.7. The van der Waals surface area contributed by atoms with E-state index >= 15 is 0 Å². The van der Waals surface area contributed by atoms with E-state index in [9.17, 15) is 27.2 Å². The molecule has 5 nitrogen and oxygen atoms in total. The summed E-state index contributed by atoms with van der Waals surface area (Å²) in [5.74, 6) is -5.60. The first kappa shape index (κ1) is 50.1. The van der Waals surface area contributed by atoms with Gasteiger partial charge in [-0.05, 0) is 83.0 Å². The van der Waals surface area contributed by atoms with E-state index in [0.717, 1.165) is 108 Å². The molecular formula is C43H77F4NO4. The highest BCUT2D eigenvalue weighted by molar-refractivity contribution is 5.69. The maximum atomic E-state index is 13.9. The minimum atomic E-state index is -2.84. The number of unbranched alkanes of at least 4 members (excludes halogenated alkanes) is 15. The molecule has 0 aliphatic carbocycles. The molecule has 0 saturated heterocycles. The maximum absolute atomic E-state index is 13.9. The van der Waals surface area contributed by atoms with Crippen molar-refractivity contribution in [1.29, 1.82) is 0 Å². The second kappa shape index (κ2) is 33.7. The minimum Gasteiger partial charge on any atom is -0.461 e. The van der Waals surface area contributed by atoms with Crippen molar-refractivity contribution < 1.29 is 36.6 Å². The van der Waals surface area contributed by atoms with Crippen LogP contribution in [-0.4, -0.2) is 62.5 Å². The van der Waals surface area contributed by atoms with Crippen molar-refractivity contribution in [2.45, 2.75) is 199 Å². The van der Waals surface area contributed by atoms with Crippen LogP contribution in [-0.2, 0) is 19.1 Å². The van der Waals surface area contributed by atoms with Crippen molar-refractivity contribution in [3.63, 3.8) is 0 Å². The molecule has 0 fully saturated rings. The van der Waals surface area contributed by atoms with Crippen LogP contribution in [0.15, 0.2) is 24.3 Å². The van der Waals surface area contributed by atoms with Crippen LogP contribution in [0.25, 0.3) is 0 Å². The maximum Gasteiger partial charge on any atom is 0.306 e. The molecule has 0 aliphatic rings. The molecule has 0 aromatic heterocycles. The van der Waals surface area contributed by atoms with E-state index in [2.05, 4.69) is 25.9 Å². The summed E-state index contributed by atoms with van der Waals surface area (Å²) in [7, 11) is 4.23. The number of esters is 2. The molecule has 0 heterocycles. The summed E-state index contributed by atoms with van der Waals surface area (Å²) in [5.41, 5.74) is 0. The predicted octanol–water partition coefficient (Wildman–Crippen LogP) is 13.2. The van der Waals surface area contributed by atoms with Gasteiger partial charge in [0, 0.05) is 25.7 Å². The Hall–Kier alpha value is -1.90. The van der Waals surface area contributed by atoms with E-state index in [-0.39, 0.29) is 38.0 Å². The lowest BCUT2D eigenvalue weighted by molar-refractivity contribution is -0.143. The Morgan fingerprint density at radius 1 is 0.538 bits per heavy atom. The normalized spacial score (nSPS) is 13.1. The Balaban J connectivity index is 4.17. The van der Waals surface area contributed by atoms with E-state index < -0.39 is 11.8 Å². The molecule has 9 heteroatoms. The lowest BCUT2D eigenvalue weighted by Gasteiger charge is -2.17. The van der Waals surface area contributed by atoms with Crippen molar-refractivity contribution in [2.75, 3.05) is 33.9 Å². The SMILES string of the molecule is CCCCCCC(F)(F)/C=C\COC(=O)CCCCCCCC(CCCCCCCC(=O)OC/C=C\C(F)(F)CCCCC)CCCCCN(C)C. The third-order valence-electron chi connectivity index (χ3n) is 9.59. The van der Waals surface area contributed by atoms with Crippen molar-refractivity contribution in [1.82, 2.24) is 4.90 Å². The van der Waals surface area contributed by atoms with Gasteiger partial charge >= 0.3 is 11.9 Å². The van der Waals surface area contributed by atoms with Crippen molar-refractivity contribution in [3.8, 4) is 0 Å². The number of halogens is 4. The van der Waals surface area contributed by atoms with Gasteiger partial charge in [0.2, 0.25) is 0 Å². The number of nitrogens with zero attached hydrogens (tertiary/aromatic N) is 1. The first-order valence-corrected chi connectivity index (χ1v) is 21.0. The first-order valence-electron chi connectivity index (χ1n) is 21.0. The second-order valence-corrected chi connectivity index (χ2v) is 15.1. The van der Waals surface area contributed by atoms with Crippen LogP contribution in [0, 0.1) is 5.92 Å². The number of hydrogen-bond donors (Lipinski definition) is 0. The summed E-state index contributed by atoms with van der Waals surface area (Å²) in [4.78, 5) is 26.2. The molecule has 0 spiro atoms. The number of allylic oxidation sites excluding steroid dienone is 2. The largest absolute Gasteiger partial charge is 0.461 e. The molecule has 306 valence electrons. The van der Waals surface area contributed by atoms with Crippen LogP contribution in [0.5, 0.6) is 0 Å². The Labute approximate surface area is 316 Å². The summed E-state index contributed by atoms with van der Waals surface area (Å²) in [6.45, 7) is 4.96. The second-order valence-electron chi connectivity index (χ2n) is 15.1. The molecule has 52 heavy (non-hydrogen) atoms. The average molecular weight is 748 g/mol. The Bertz CT molecular complexity index is 910. The van der Waals surface area contributed by atoms with Gasteiger partial charge in [-0.15, -0.1) is 0 Å². The van der Waals surface area contributed by atoms with E-state index in [1.807, 2.05) is 6.92 Å². The molecule has 0 N–H and O–H groups in total. The fourth-order valence-electron chi connectivity index (χ4n) is 6.37. The highest BCUT2D eigenvalue weighted by Crippen LogP contribution is 2.26. The van der Waals surface area contributed by atoms with Crippen molar-refractivity contribution in [2.24, 2.45) is 5.92 Å². The van der Waals surface area contributed by atoms with Crippen LogP contribution >= 0.6 is 0 Å². The lowest BCUT2D eigenvalue weighted by Crippen LogP contribution is -2.12. The highest BCUT2D eigenvalue weighted by Gasteiger charge is 2.24. The van der Waals surface area contributed by atoms with Crippen LogP contribution < -0.4 is 0 Å². The number of carbonyl (C=O) groups excluding carboxylic acids is 2. The topological polar surface area (TPSA) is 55.8 Å². The van der Waals surface area contributed by atoms with Gasteiger partial charge in [-0.1, -0.05) is 129 Å². The van der Waals surface area contributed by atoms with E-state index in [4.69, 9.17) is 9.47 Å². The smallest absolute Gasteiger partial charge is 0.306 e. The number of ether oxygens (including phenoxy) is 2. The molecule has 0 rings (SSSR count). The number of hydrogen-bond acceptors (Lipinski definition) is 5. The molecule has 0 bridgehead atoms. The van der Waals surface area contributed by atoms with Crippen LogP contribution in [0.3, 0.4) is 0 Å². The summed E-state index contributed by atoms with van der Waals surface area (Å²) >= 11 is 0. The van der Waals surface area contributed by atoms with Crippen molar-refractivity contribution >= 4 is 11.9 Å². The summed E-state index contributed by atoms with van der Waals surface area (Å²) < 4.78 is 65.5. The van der Waals surface area contributed by atoms with Crippen LogP contribution in [0.2, 0.25) is 0 Å². The van der Waals surface area contributed by atoms with E-state index in [0.29, 0.717) is 25.7 Å². The molecule has 0 aromatic carbocycles. The Kier molecular flexibility index (Phi) is 32.4. The van der Waals surface area contributed by atoms with Gasteiger partial charge in [0.1, 0.15) is 13.2 Å². The molecule has 0 aromatic rings. The first-order chi connectivity index (χ1) is 24.9. The average Bonchev–Trinajstić information content (AvgIpc) is 3.09. The number of rotatable bonds is 37. The molecular weight excluding hydrogens is 670 g/mol. The quantitative estimate of drug-likeness (QED) is 0.0274. The van der Waals surface area contributed by atoms with Gasteiger partial charge < -0.3 is 14.4 Å². The molecule has 0 radical (unpaired) electrons. The van der Waals surface area contributed by atoms with Crippen LogP contribution in [0.4, 0.5) is 17.6 Å². The zero-order chi connectivity index (χ0) is 38.8. The molecule has 1 atom stereocenters. The third kappa shape index (κ3) is 35.1. The van der Waals surface area contributed by atoms with Gasteiger partial charge in [0.25, 0.3) is 11.8 Å². The Morgan fingerprint density at radius 3 is 1.35 bits per heavy atom. The molecule has 0 aliphatic heterocycles. The number of carbonyl (C=O) groups is 2. The van der Waals surface area contributed by atoms with E-state index in [1.54, 1.807) is 0 Å². The predicted molar refractivity (Wildman–Crippen MR) is 208 cm³/mol.